The lowest BCUT2D eigenvalue weighted by Gasteiger charge is -2.19. The Bertz CT molecular complexity index is 526. The summed E-state index contributed by atoms with van der Waals surface area (Å²) in [6.07, 6.45) is 0.769. The second kappa shape index (κ2) is 4.61. The molecular weight excluding hydrogens is 252 g/mol. The molecule has 0 atom stereocenters. The van der Waals surface area contributed by atoms with Crippen molar-refractivity contribution in [2.24, 2.45) is 0 Å². The highest BCUT2D eigenvalue weighted by molar-refractivity contribution is 6.40. The Labute approximate surface area is 111 Å². The van der Waals surface area contributed by atoms with Gasteiger partial charge < -0.3 is 9.80 Å². The Morgan fingerprint density at radius 3 is 2.61 bits per heavy atom. The second-order valence-corrected chi connectivity index (χ2v) is 5.06. The van der Waals surface area contributed by atoms with Gasteiger partial charge in [0.05, 0.1) is 0 Å². The highest BCUT2D eigenvalue weighted by Crippen LogP contribution is 2.33. The van der Waals surface area contributed by atoms with Gasteiger partial charge in [-0.25, -0.2) is 0 Å². The van der Waals surface area contributed by atoms with Crippen molar-refractivity contribution in [1.29, 1.82) is 0 Å². The molecule has 5 heteroatoms. The fourth-order valence-corrected chi connectivity index (χ4v) is 2.45. The van der Waals surface area contributed by atoms with E-state index >= 15 is 0 Å². The Hall–Kier alpha value is -1.55. The molecule has 2 amide bonds. The van der Waals surface area contributed by atoms with Gasteiger partial charge in [0, 0.05) is 31.4 Å². The Kier molecular flexibility index (Phi) is 3.30. The largest absolute Gasteiger partial charge is 0.341 e. The predicted octanol–water partition coefficient (Wildman–Crippen LogP) is 1.63. The number of carbonyl (C=O) groups is 2. The van der Waals surface area contributed by atoms with Crippen molar-refractivity contribution >= 4 is 29.1 Å². The van der Waals surface area contributed by atoms with E-state index in [2.05, 4.69) is 0 Å². The van der Waals surface area contributed by atoms with Crippen LogP contribution in [0.4, 0.5) is 5.69 Å². The molecule has 4 nitrogen and oxygen atoms in total. The summed E-state index contributed by atoms with van der Waals surface area (Å²) in [5.41, 5.74) is 2.92. The van der Waals surface area contributed by atoms with E-state index < -0.39 is 11.8 Å². The predicted molar refractivity (Wildman–Crippen MR) is 70.9 cm³/mol. The number of rotatable bonds is 0. The number of aryl methyl sites for hydroxylation is 1. The van der Waals surface area contributed by atoms with Crippen LogP contribution in [0.2, 0.25) is 5.02 Å². The van der Waals surface area contributed by atoms with Gasteiger partial charge in [0.2, 0.25) is 0 Å². The standard InChI is InChI=1S/C13H15ClN2O2/c1-8-6-9(14)7-11-10(8)4-5-16(11)13(18)12(17)15(2)3/h6-7H,4-5H2,1-3H3. The van der Waals surface area contributed by atoms with E-state index in [0.29, 0.717) is 11.6 Å². The second-order valence-electron chi connectivity index (χ2n) is 4.63. The van der Waals surface area contributed by atoms with E-state index in [1.54, 1.807) is 20.2 Å². The third-order valence-corrected chi connectivity index (χ3v) is 3.34. The average molecular weight is 267 g/mol. The van der Waals surface area contributed by atoms with Crippen molar-refractivity contribution in [1.82, 2.24) is 4.90 Å². The number of hydrogen-bond acceptors (Lipinski definition) is 2. The number of benzene rings is 1. The smallest absolute Gasteiger partial charge is 0.316 e. The first-order chi connectivity index (χ1) is 8.41. The summed E-state index contributed by atoms with van der Waals surface area (Å²) < 4.78 is 0. The number of hydrogen-bond donors (Lipinski definition) is 0. The molecule has 0 spiro atoms. The van der Waals surface area contributed by atoms with Crippen LogP contribution in [0.25, 0.3) is 0 Å². The topological polar surface area (TPSA) is 40.6 Å². The summed E-state index contributed by atoms with van der Waals surface area (Å²) in [5.74, 6) is -1.01. The molecule has 1 aromatic carbocycles. The van der Waals surface area contributed by atoms with Gasteiger partial charge in [0.1, 0.15) is 0 Å². The summed E-state index contributed by atoms with van der Waals surface area (Å²) in [5, 5.41) is 0.586. The molecule has 1 aromatic rings. The van der Waals surface area contributed by atoms with Gasteiger partial charge in [0.25, 0.3) is 0 Å². The molecule has 18 heavy (non-hydrogen) atoms. The van der Waals surface area contributed by atoms with Crippen LogP contribution in [0, 0.1) is 6.92 Å². The molecular formula is C13H15ClN2O2. The van der Waals surface area contributed by atoms with E-state index in [9.17, 15) is 9.59 Å². The Morgan fingerprint density at radius 1 is 1.33 bits per heavy atom. The van der Waals surface area contributed by atoms with E-state index in [1.807, 2.05) is 13.0 Å². The minimum absolute atomic E-state index is 0.500. The first-order valence-corrected chi connectivity index (χ1v) is 6.11. The van der Waals surface area contributed by atoms with Gasteiger partial charge in [-0.05, 0) is 36.6 Å². The number of nitrogens with zero attached hydrogens (tertiary/aromatic N) is 2. The maximum Gasteiger partial charge on any atom is 0.316 e. The molecule has 0 aromatic heterocycles. The Morgan fingerprint density at radius 2 is 2.00 bits per heavy atom. The number of halogens is 1. The summed E-state index contributed by atoms with van der Waals surface area (Å²) >= 11 is 6.01. The van der Waals surface area contributed by atoms with Crippen LogP contribution >= 0.6 is 11.6 Å². The maximum atomic E-state index is 12.1. The molecule has 0 fully saturated rings. The lowest BCUT2D eigenvalue weighted by Crippen LogP contribution is -2.41. The maximum absolute atomic E-state index is 12.1. The highest BCUT2D eigenvalue weighted by Gasteiger charge is 2.31. The molecule has 96 valence electrons. The first kappa shape index (κ1) is 12.9. The molecule has 0 aliphatic carbocycles. The molecule has 0 saturated heterocycles. The molecule has 0 saturated carbocycles. The average Bonchev–Trinajstić information content (AvgIpc) is 2.70. The third kappa shape index (κ3) is 2.08. The van der Waals surface area contributed by atoms with Crippen LogP contribution in [0.3, 0.4) is 0 Å². The first-order valence-electron chi connectivity index (χ1n) is 5.74. The van der Waals surface area contributed by atoms with Gasteiger partial charge in [-0.3, -0.25) is 9.59 Å². The minimum atomic E-state index is -0.513. The summed E-state index contributed by atoms with van der Waals surface area (Å²) in [6.45, 7) is 2.50. The molecule has 1 aliphatic heterocycles. The molecule has 1 aliphatic rings. The van der Waals surface area contributed by atoms with Crippen LogP contribution < -0.4 is 4.90 Å². The van der Waals surface area contributed by atoms with Gasteiger partial charge >= 0.3 is 11.8 Å². The fraction of sp³-hybridized carbons (Fsp3) is 0.385. The summed E-state index contributed by atoms with van der Waals surface area (Å²) in [6, 6.07) is 3.62. The molecule has 2 rings (SSSR count). The van der Waals surface area contributed by atoms with E-state index in [4.69, 9.17) is 11.6 Å². The van der Waals surface area contributed by atoms with Crippen molar-refractivity contribution in [3.05, 3.63) is 28.3 Å². The van der Waals surface area contributed by atoms with Crippen LogP contribution in [-0.4, -0.2) is 37.4 Å². The van der Waals surface area contributed by atoms with Crippen LogP contribution in [0.15, 0.2) is 12.1 Å². The van der Waals surface area contributed by atoms with Crippen molar-refractivity contribution in [2.45, 2.75) is 13.3 Å². The number of anilines is 1. The lowest BCUT2D eigenvalue weighted by molar-refractivity contribution is -0.142. The monoisotopic (exact) mass is 266 g/mol. The molecule has 0 bridgehead atoms. The fourth-order valence-electron chi connectivity index (χ4n) is 2.18. The molecule has 0 N–H and O–H groups in total. The van der Waals surface area contributed by atoms with Crippen LogP contribution in [0.5, 0.6) is 0 Å². The summed E-state index contributed by atoms with van der Waals surface area (Å²) in [7, 11) is 3.14. The highest BCUT2D eigenvalue weighted by atomic mass is 35.5. The van der Waals surface area contributed by atoms with Gasteiger partial charge in [-0.1, -0.05) is 11.6 Å². The zero-order valence-electron chi connectivity index (χ0n) is 10.7. The third-order valence-electron chi connectivity index (χ3n) is 3.12. The normalized spacial score (nSPS) is 13.4. The van der Waals surface area contributed by atoms with Crippen molar-refractivity contribution in [3.63, 3.8) is 0 Å². The Balaban J connectivity index is 2.37. The van der Waals surface area contributed by atoms with Crippen molar-refractivity contribution < 1.29 is 9.59 Å². The van der Waals surface area contributed by atoms with E-state index in [1.165, 1.54) is 9.80 Å². The number of amides is 2. The van der Waals surface area contributed by atoms with Crippen LogP contribution in [-0.2, 0) is 16.0 Å². The summed E-state index contributed by atoms with van der Waals surface area (Å²) in [4.78, 5) is 26.6. The number of likely N-dealkylation sites (N-methyl/N-ethyl adjacent to an activating group) is 1. The van der Waals surface area contributed by atoms with Crippen molar-refractivity contribution in [2.75, 3.05) is 25.5 Å². The minimum Gasteiger partial charge on any atom is -0.341 e. The zero-order chi connectivity index (χ0) is 13.4. The lowest BCUT2D eigenvalue weighted by atomic mass is 10.1. The number of fused-ring (bicyclic) bond motifs is 1. The molecule has 1 heterocycles. The van der Waals surface area contributed by atoms with Gasteiger partial charge in [-0.2, -0.15) is 0 Å². The van der Waals surface area contributed by atoms with Crippen LogP contribution in [0.1, 0.15) is 11.1 Å². The van der Waals surface area contributed by atoms with E-state index in [-0.39, 0.29) is 0 Å². The molecule has 0 unspecified atom stereocenters. The SMILES string of the molecule is Cc1cc(Cl)cc2c1CCN2C(=O)C(=O)N(C)C. The van der Waals surface area contributed by atoms with E-state index in [0.717, 1.165) is 23.2 Å². The van der Waals surface area contributed by atoms with Gasteiger partial charge in [0.15, 0.2) is 0 Å². The van der Waals surface area contributed by atoms with Crippen molar-refractivity contribution in [3.8, 4) is 0 Å². The molecule has 0 radical (unpaired) electrons. The number of carbonyl (C=O) groups excluding carboxylic acids is 2. The zero-order valence-corrected chi connectivity index (χ0v) is 11.4. The quantitative estimate of drug-likeness (QED) is 0.670. The van der Waals surface area contributed by atoms with Gasteiger partial charge in [-0.15, -0.1) is 0 Å².